The minimum atomic E-state index is -0.830. The molecule has 10 heteroatoms. The summed E-state index contributed by atoms with van der Waals surface area (Å²) < 4.78 is 11.5. The number of carbonyl (C=O) groups excluding carboxylic acids is 2. The third-order valence-electron chi connectivity index (χ3n) is 6.66. The quantitative estimate of drug-likeness (QED) is 0.473. The fourth-order valence-corrected chi connectivity index (χ4v) is 4.47. The molecule has 2 atom stereocenters. The zero-order valence-corrected chi connectivity index (χ0v) is 20.0. The molecule has 1 aliphatic heterocycles. The minimum Gasteiger partial charge on any atom is -0.497 e. The third-order valence-corrected chi connectivity index (χ3v) is 6.66. The van der Waals surface area contributed by atoms with Gasteiger partial charge in [-0.1, -0.05) is 0 Å². The van der Waals surface area contributed by atoms with E-state index < -0.39 is 12.1 Å². The molecule has 0 radical (unpaired) electrons. The van der Waals surface area contributed by atoms with Crippen molar-refractivity contribution in [1.82, 2.24) is 25.2 Å². The van der Waals surface area contributed by atoms with Gasteiger partial charge in [0, 0.05) is 37.3 Å². The lowest BCUT2D eigenvalue weighted by Gasteiger charge is -2.16. The smallest absolute Gasteiger partial charge is 0.255 e. The van der Waals surface area contributed by atoms with Gasteiger partial charge in [0.15, 0.2) is 0 Å². The molecule has 1 saturated carbocycles. The van der Waals surface area contributed by atoms with Crippen molar-refractivity contribution in [3.63, 3.8) is 0 Å². The highest BCUT2D eigenvalue weighted by atomic mass is 16.5. The first-order valence-electron chi connectivity index (χ1n) is 11.7. The van der Waals surface area contributed by atoms with Crippen molar-refractivity contribution < 1.29 is 24.2 Å². The summed E-state index contributed by atoms with van der Waals surface area (Å²) in [6.45, 7) is 4.33. The van der Waals surface area contributed by atoms with Crippen LogP contribution in [0.5, 0.6) is 11.5 Å². The third kappa shape index (κ3) is 4.53. The standard InChI is InChI=1S/C25H29N5O5/c1-13-21(25(33)29-18-9-30(14(2)31)10-19(18)32)23-24(28-13)22(26-12-27-23)17-7-6-16(34-3)8-20(17)35-11-15-4-5-15/h6-8,12,15,18-19,28,32H,4-5,9-11H2,1-3H3,(H,29,33)/t18-,19-/m1/s1. The summed E-state index contributed by atoms with van der Waals surface area (Å²) in [6.07, 6.45) is 2.94. The van der Waals surface area contributed by atoms with E-state index >= 15 is 0 Å². The Labute approximate surface area is 202 Å². The van der Waals surface area contributed by atoms with Crippen molar-refractivity contribution in [1.29, 1.82) is 0 Å². The van der Waals surface area contributed by atoms with Gasteiger partial charge in [0.1, 0.15) is 29.0 Å². The molecule has 35 heavy (non-hydrogen) atoms. The number of ether oxygens (including phenoxy) is 2. The van der Waals surface area contributed by atoms with E-state index in [1.165, 1.54) is 31.0 Å². The highest BCUT2D eigenvalue weighted by Gasteiger charge is 2.35. The first kappa shape index (κ1) is 23.1. The molecule has 0 bridgehead atoms. The van der Waals surface area contributed by atoms with Crippen molar-refractivity contribution in [2.24, 2.45) is 5.92 Å². The van der Waals surface area contributed by atoms with Crippen molar-refractivity contribution in [2.75, 3.05) is 26.8 Å². The molecule has 3 heterocycles. The number of methoxy groups -OCH3 is 1. The van der Waals surface area contributed by atoms with E-state index in [2.05, 4.69) is 20.3 Å². The lowest BCUT2D eigenvalue weighted by molar-refractivity contribution is -0.128. The van der Waals surface area contributed by atoms with Gasteiger partial charge in [0.25, 0.3) is 5.91 Å². The van der Waals surface area contributed by atoms with Crippen LogP contribution in [0.25, 0.3) is 22.3 Å². The Balaban J connectivity index is 1.48. The van der Waals surface area contributed by atoms with Crippen LogP contribution in [-0.4, -0.2) is 75.7 Å². The molecule has 5 rings (SSSR count). The van der Waals surface area contributed by atoms with Crippen LogP contribution >= 0.6 is 0 Å². The summed E-state index contributed by atoms with van der Waals surface area (Å²) in [7, 11) is 1.61. The van der Waals surface area contributed by atoms with Gasteiger partial charge in [0.05, 0.1) is 36.9 Å². The van der Waals surface area contributed by atoms with Crippen LogP contribution in [0.1, 0.15) is 35.8 Å². The van der Waals surface area contributed by atoms with E-state index in [1.54, 1.807) is 14.0 Å². The zero-order chi connectivity index (χ0) is 24.7. The van der Waals surface area contributed by atoms with Crippen LogP contribution in [0.4, 0.5) is 0 Å². The number of benzene rings is 1. The lowest BCUT2D eigenvalue weighted by Crippen LogP contribution is -2.43. The summed E-state index contributed by atoms with van der Waals surface area (Å²) in [5.41, 5.74) is 3.50. The molecule has 2 amide bonds. The van der Waals surface area contributed by atoms with Crippen LogP contribution in [-0.2, 0) is 4.79 Å². The number of rotatable bonds is 7. The monoisotopic (exact) mass is 479 g/mol. The molecule has 2 aliphatic rings. The van der Waals surface area contributed by atoms with Crippen LogP contribution in [0.2, 0.25) is 0 Å². The Morgan fingerprint density at radius 3 is 2.74 bits per heavy atom. The molecule has 1 aliphatic carbocycles. The van der Waals surface area contributed by atoms with Crippen LogP contribution in [0, 0.1) is 12.8 Å². The van der Waals surface area contributed by atoms with Gasteiger partial charge < -0.3 is 29.8 Å². The van der Waals surface area contributed by atoms with Crippen molar-refractivity contribution >= 4 is 22.8 Å². The predicted molar refractivity (Wildman–Crippen MR) is 128 cm³/mol. The molecule has 1 saturated heterocycles. The number of likely N-dealkylation sites (tertiary alicyclic amines) is 1. The fourth-order valence-electron chi connectivity index (χ4n) is 4.47. The first-order chi connectivity index (χ1) is 16.9. The molecular weight excluding hydrogens is 450 g/mol. The van der Waals surface area contributed by atoms with Gasteiger partial charge in [-0.05, 0) is 37.8 Å². The summed E-state index contributed by atoms with van der Waals surface area (Å²) in [5.74, 6) is 1.41. The van der Waals surface area contributed by atoms with E-state index in [1.807, 2.05) is 18.2 Å². The van der Waals surface area contributed by atoms with Crippen LogP contribution in [0.3, 0.4) is 0 Å². The van der Waals surface area contributed by atoms with E-state index in [-0.39, 0.29) is 24.9 Å². The summed E-state index contributed by atoms with van der Waals surface area (Å²) in [4.78, 5) is 38.6. The summed E-state index contributed by atoms with van der Waals surface area (Å²) in [5, 5.41) is 13.2. The maximum Gasteiger partial charge on any atom is 0.255 e. The second-order valence-corrected chi connectivity index (χ2v) is 9.26. The Morgan fingerprint density at radius 1 is 1.26 bits per heavy atom. The number of nitrogens with zero attached hydrogens (tertiary/aromatic N) is 3. The second-order valence-electron chi connectivity index (χ2n) is 9.26. The molecule has 0 spiro atoms. The number of hydrogen-bond acceptors (Lipinski definition) is 7. The lowest BCUT2D eigenvalue weighted by atomic mass is 10.1. The highest BCUT2D eigenvalue weighted by Crippen LogP contribution is 2.38. The summed E-state index contributed by atoms with van der Waals surface area (Å²) in [6, 6.07) is 5.03. The maximum atomic E-state index is 13.3. The van der Waals surface area contributed by atoms with Crippen molar-refractivity contribution in [3.05, 3.63) is 35.8 Å². The number of β-amino-alcohol motifs (C(OH)–C–C–N with tert-alkyl or cyclic N) is 1. The number of aliphatic hydroxyl groups excluding tert-OH is 1. The average molecular weight is 480 g/mol. The number of hydrogen-bond donors (Lipinski definition) is 3. The molecular formula is C25H29N5O5. The van der Waals surface area contributed by atoms with Gasteiger partial charge in [-0.2, -0.15) is 0 Å². The van der Waals surface area contributed by atoms with E-state index in [4.69, 9.17) is 9.47 Å². The number of aromatic nitrogens is 3. The number of aromatic amines is 1. The number of carbonyl (C=O) groups is 2. The van der Waals surface area contributed by atoms with Crippen LogP contribution in [0.15, 0.2) is 24.5 Å². The Bertz CT molecular complexity index is 1280. The number of aliphatic hydroxyl groups is 1. The van der Waals surface area contributed by atoms with Crippen molar-refractivity contribution in [2.45, 2.75) is 38.8 Å². The second kappa shape index (κ2) is 9.18. The van der Waals surface area contributed by atoms with Gasteiger partial charge in [0.2, 0.25) is 5.91 Å². The first-order valence-corrected chi connectivity index (χ1v) is 11.7. The molecule has 2 fully saturated rings. The highest BCUT2D eigenvalue weighted by molar-refractivity contribution is 6.09. The van der Waals surface area contributed by atoms with Gasteiger partial charge in [-0.15, -0.1) is 0 Å². The Kier molecular flexibility index (Phi) is 6.06. The van der Waals surface area contributed by atoms with Crippen molar-refractivity contribution in [3.8, 4) is 22.8 Å². The van der Waals surface area contributed by atoms with E-state index in [9.17, 15) is 14.7 Å². The van der Waals surface area contributed by atoms with Gasteiger partial charge >= 0.3 is 0 Å². The number of fused-ring (bicyclic) bond motifs is 1. The normalized spacial score (nSPS) is 19.7. The molecule has 0 unspecified atom stereocenters. The number of amides is 2. The molecule has 10 nitrogen and oxygen atoms in total. The molecule has 3 aromatic rings. The fraction of sp³-hybridized carbons (Fsp3) is 0.440. The van der Waals surface area contributed by atoms with Gasteiger partial charge in [-0.3, -0.25) is 9.59 Å². The topological polar surface area (TPSA) is 130 Å². The molecule has 2 aromatic heterocycles. The number of nitrogens with one attached hydrogen (secondary N) is 2. The average Bonchev–Trinajstić information content (AvgIpc) is 3.51. The maximum absolute atomic E-state index is 13.3. The summed E-state index contributed by atoms with van der Waals surface area (Å²) >= 11 is 0. The Morgan fingerprint density at radius 2 is 2.06 bits per heavy atom. The van der Waals surface area contributed by atoms with Gasteiger partial charge in [-0.25, -0.2) is 9.97 Å². The van der Waals surface area contributed by atoms with E-state index in [0.717, 1.165) is 5.56 Å². The molecule has 1 aromatic carbocycles. The van der Waals surface area contributed by atoms with Crippen LogP contribution < -0.4 is 14.8 Å². The zero-order valence-electron chi connectivity index (χ0n) is 20.0. The Hall–Kier alpha value is -3.66. The largest absolute Gasteiger partial charge is 0.497 e. The number of H-pyrrole nitrogens is 1. The minimum absolute atomic E-state index is 0.138. The van der Waals surface area contributed by atoms with E-state index in [0.29, 0.717) is 52.0 Å². The molecule has 3 N–H and O–H groups in total. The molecule has 184 valence electrons. The number of aryl methyl sites for hydroxylation is 1. The predicted octanol–water partition coefficient (Wildman–Crippen LogP) is 2.05. The SMILES string of the molecule is COc1ccc(-c2ncnc3c(C(=O)N[C@@H]4CN(C(C)=O)C[C@H]4O)c(C)[nH]c23)c(OCC2CC2)c1.